The molecule has 0 saturated heterocycles. The van der Waals surface area contributed by atoms with Crippen molar-refractivity contribution < 1.29 is 13.2 Å². The average molecular weight is 254 g/mol. The molecule has 0 saturated carbocycles. The smallest absolute Gasteiger partial charge is 0.375 e. The van der Waals surface area contributed by atoms with Crippen LogP contribution in [-0.2, 0) is 6.18 Å². The van der Waals surface area contributed by atoms with E-state index in [0.29, 0.717) is 11.1 Å². The molecule has 0 radical (unpaired) electrons. The van der Waals surface area contributed by atoms with Gasteiger partial charge in [-0.2, -0.15) is 13.2 Å². The van der Waals surface area contributed by atoms with Gasteiger partial charge in [-0.25, -0.2) is 0 Å². The number of halogens is 4. The van der Waals surface area contributed by atoms with E-state index in [4.69, 9.17) is 0 Å². The number of anilines is 1. The van der Waals surface area contributed by atoms with Crippen molar-refractivity contribution in [3.05, 3.63) is 29.8 Å². The fourth-order valence-electron chi connectivity index (χ4n) is 0.883. The first-order valence-electron chi connectivity index (χ1n) is 3.51. The zero-order chi connectivity index (χ0) is 9.90. The highest BCUT2D eigenvalue weighted by Crippen LogP contribution is 2.30. The zero-order valence-electron chi connectivity index (χ0n) is 6.53. The molecule has 0 aliphatic rings. The van der Waals surface area contributed by atoms with E-state index in [1.807, 2.05) is 0 Å². The van der Waals surface area contributed by atoms with E-state index >= 15 is 0 Å². The van der Waals surface area contributed by atoms with Crippen LogP contribution in [0.5, 0.6) is 0 Å². The monoisotopic (exact) mass is 253 g/mol. The maximum atomic E-state index is 12.2. The van der Waals surface area contributed by atoms with Crippen LogP contribution >= 0.6 is 15.9 Å². The van der Waals surface area contributed by atoms with Gasteiger partial charge in [0.1, 0.15) is 0 Å². The normalized spacial score (nSPS) is 11.4. The van der Waals surface area contributed by atoms with Crippen LogP contribution in [0.2, 0.25) is 0 Å². The van der Waals surface area contributed by atoms with Crippen LogP contribution in [0.1, 0.15) is 5.56 Å². The minimum atomic E-state index is -4.27. The highest BCUT2D eigenvalue weighted by Gasteiger charge is 2.30. The topological polar surface area (TPSA) is 12.0 Å². The van der Waals surface area contributed by atoms with E-state index in [-0.39, 0.29) is 0 Å². The van der Waals surface area contributed by atoms with Crippen molar-refractivity contribution in [1.29, 1.82) is 0 Å². The Bertz CT molecular complexity index is 285. The summed E-state index contributed by atoms with van der Waals surface area (Å²) in [7, 11) is 0. The Morgan fingerprint density at radius 2 is 2.00 bits per heavy atom. The summed E-state index contributed by atoms with van der Waals surface area (Å²) in [5.74, 6) is 0. The van der Waals surface area contributed by atoms with Crippen molar-refractivity contribution in [2.24, 2.45) is 0 Å². The lowest BCUT2D eigenvalue weighted by atomic mass is 10.2. The van der Waals surface area contributed by atoms with Gasteiger partial charge < -0.3 is 5.32 Å². The SMILES string of the molecule is FC(F)(F)c1cccc(NCBr)c1. The molecule has 0 unspecified atom stereocenters. The molecular formula is C8H7BrF3N. The fourth-order valence-corrected chi connectivity index (χ4v) is 1.21. The lowest BCUT2D eigenvalue weighted by Gasteiger charge is -2.08. The third-order valence-electron chi connectivity index (χ3n) is 1.46. The molecule has 0 spiro atoms. The van der Waals surface area contributed by atoms with E-state index < -0.39 is 11.7 Å². The second kappa shape index (κ2) is 4.00. The molecule has 72 valence electrons. The number of nitrogens with one attached hydrogen (secondary N) is 1. The van der Waals surface area contributed by atoms with Gasteiger partial charge in [-0.15, -0.1) is 0 Å². The third-order valence-corrected chi connectivity index (χ3v) is 1.74. The molecule has 1 nitrogen and oxygen atoms in total. The third kappa shape index (κ3) is 2.91. The zero-order valence-corrected chi connectivity index (χ0v) is 8.11. The van der Waals surface area contributed by atoms with Crippen molar-refractivity contribution in [2.75, 3.05) is 10.8 Å². The molecule has 1 rings (SSSR count). The summed E-state index contributed by atoms with van der Waals surface area (Å²) in [5.41, 5.74) is 0.235. The van der Waals surface area contributed by atoms with Crippen LogP contribution in [0.3, 0.4) is 0 Å². The molecule has 0 heterocycles. The van der Waals surface area contributed by atoms with Crippen molar-refractivity contribution in [1.82, 2.24) is 0 Å². The molecule has 0 aliphatic carbocycles. The van der Waals surface area contributed by atoms with Crippen LogP contribution in [-0.4, -0.2) is 5.45 Å². The molecule has 13 heavy (non-hydrogen) atoms. The quantitative estimate of drug-likeness (QED) is 0.629. The number of rotatable bonds is 2. The molecular weight excluding hydrogens is 247 g/mol. The van der Waals surface area contributed by atoms with Crippen LogP contribution in [0.15, 0.2) is 24.3 Å². The molecule has 0 aliphatic heterocycles. The maximum absolute atomic E-state index is 12.2. The summed E-state index contributed by atoms with van der Waals surface area (Å²) in [5, 5.41) is 2.74. The lowest BCUT2D eigenvalue weighted by molar-refractivity contribution is -0.137. The van der Waals surface area contributed by atoms with Crippen LogP contribution in [0.25, 0.3) is 0 Å². The average Bonchev–Trinajstić information content (AvgIpc) is 2.04. The van der Waals surface area contributed by atoms with E-state index in [1.165, 1.54) is 6.07 Å². The molecule has 1 N–H and O–H groups in total. The van der Waals surface area contributed by atoms with Gasteiger partial charge in [-0.1, -0.05) is 22.0 Å². The minimum Gasteiger partial charge on any atom is -0.375 e. The molecule has 0 fully saturated rings. The van der Waals surface area contributed by atoms with Gasteiger partial charge in [0, 0.05) is 5.69 Å². The number of benzene rings is 1. The van der Waals surface area contributed by atoms with Gasteiger partial charge in [0.2, 0.25) is 0 Å². The molecule has 1 aromatic carbocycles. The first kappa shape index (κ1) is 10.4. The molecule has 0 amide bonds. The van der Waals surface area contributed by atoms with Gasteiger partial charge in [-0.05, 0) is 18.2 Å². The molecule has 0 bridgehead atoms. The van der Waals surface area contributed by atoms with E-state index in [2.05, 4.69) is 21.2 Å². The van der Waals surface area contributed by atoms with Crippen molar-refractivity contribution in [3.63, 3.8) is 0 Å². The van der Waals surface area contributed by atoms with Gasteiger partial charge in [-0.3, -0.25) is 0 Å². The van der Waals surface area contributed by atoms with E-state index in [9.17, 15) is 13.2 Å². The fraction of sp³-hybridized carbons (Fsp3) is 0.250. The van der Waals surface area contributed by atoms with Crippen molar-refractivity contribution in [2.45, 2.75) is 6.18 Å². The Labute approximate surface area is 82.1 Å². The Morgan fingerprint density at radius 1 is 1.31 bits per heavy atom. The Kier molecular flexibility index (Phi) is 3.19. The number of hydrogen-bond donors (Lipinski definition) is 1. The summed E-state index contributed by atoms with van der Waals surface area (Å²) in [6, 6.07) is 5.06. The largest absolute Gasteiger partial charge is 0.416 e. The summed E-state index contributed by atoms with van der Waals surface area (Å²) < 4.78 is 36.5. The Hall–Kier alpha value is -0.710. The summed E-state index contributed by atoms with van der Waals surface area (Å²) >= 11 is 3.07. The highest BCUT2D eigenvalue weighted by molar-refractivity contribution is 9.09. The van der Waals surface area contributed by atoms with Crippen LogP contribution in [0.4, 0.5) is 18.9 Å². The van der Waals surface area contributed by atoms with Gasteiger partial charge in [0.25, 0.3) is 0 Å². The summed E-state index contributed by atoms with van der Waals surface area (Å²) in [6.45, 7) is 0. The summed E-state index contributed by atoms with van der Waals surface area (Å²) in [4.78, 5) is 0. The Morgan fingerprint density at radius 3 is 2.54 bits per heavy atom. The predicted molar refractivity (Wildman–Crippen MR) is 48.9 cm³/mol. The van der Waals surface area contributed by atoms with Gasteiger partial charge >= 0.3 is 6.18 Å². The Balaban J connectivity index is 2.92. The van der Waals surface area contributed by atoms with Gasteiger partial charge in [0.05, 0.1) is 11.0 Å². The molecule has 0 aromatic heterocycles. The lowest BCUT2D eigenvalue weighted by Crippen LogP contribution is -2.05. The predicted octanol–water partition coefficient (Wildman–Crippen LogP) is 3.47. The van der Waals surface area contributed by atoms with Gasteiger partial charge in [0.15, 0.2) is 0 Å². The van der Waals surface area contributed by atoms with E-state index in [0.717, 1.165) is 12.1 Å². The van der Waals surface area contributed by atoms with Crippen molar-refractivity contribution in [3.8, 4) is 0 Å². The molecule has 1 aromatic rings. The van der Waals surface area contributed by atoms with E-state index in [1.54, 1.807) is 6.07 Å². The standard InChI is InChI=1S/C8H7BrF3N/c9-5-13-7-3-1-2-6(4-7)8(10,11)12/h1-4,13H,5H2. The number of alkyl halides is 4. The second-order valence-electron chi connectivity index (χ2n) is 2.39. The minimum absolute atomic E-state index is 0.425. The van der Waals surface area contributed by atoms with Crippen LogP contribution < -0.4 is 5.32 Å². The second-order valence-corrected chi connectivity index (χ2v) is 2.95. The molecule has 5 heteroatoms. The van der Waals surface area contributed by atoms with Crippen molar-refractivity contribution >= 4 is 21.6 Å². The highest BCUT2D eigenvalue weighted by atomic mass is 79.9. The first-order valence-corrected chi connectivity index (χ1v) is 4.63. The number of hydrogen-bond acceptors (Lipinski definition) is 1. The summed E-state index contributed by atoms with van der Waals surface area (Å²) in [6.07, 6.45) is -4.27. The van der Waals surface area contributed by atoms with Crippen LogP contribution in [0, 0.1) is 0 Å². The maximum Gasteiger partial charge on any atom is 0.416 e. The first-order chi connectivity index (χ1) is 6.04. The molecule has 0 atom stereocenters.